The number of sulfonamides is 1. The standard InChI is InChI=1S/C19H19ClN4O4S2/c1-27-14-7-13(8-15(9-14)28-2)22-19-21-10-12-11-24(6-5-16(12)23-19)30(25,26)18-4-3-17(20)29-18/h3-4,7-10H,5-6,11H2,1-2H3,(H,21,22,23). The average Bonchev–Trinajstić information content (AvgIpc) is 3.20. The Hall–Kier alpha value is -2.40. The zero-order valence-electron chi connectivity index (χ0n) is 16.3. The molecule has 1 N–H and O–H groups in total. The Morgan fingerprint density at radius 3 is 2.53 bits per heavy atom. The first-order chi connectivity index (χ1) is 14.4. The van der Waals surface area contributed by atoms with E-state index in [9.17, 15) is 8.42 Å². The number of aromatic nitrogens is 2. The van der Waals surface area contributed by atoms with Crippen molar-refractivity contribution in [1.82, 2.24) is 14.3 Å². The number of thiophene rings is 1. The fourth-order valence-electron chi connectivity index (χ4n) is 3.13. The van der Waals surface area contributed by atoms with Gasteiger partial charge in [0.15, 0.2) is 0 Å². The summed E-state index contributed by atoms with van der Waals surface area (Å²) in [4.78, 5) is 8.92. The van der Waals surface area contributed by atoms with E-state index in [1.54, 1.807) is 32.5 Å². The fourth-order valence-corrected chi connectivity index (χ4v) is 6.18. The van der Waals surface area contributed by atoms with Crippen LogP contribution in [0.25, 0.3) is 0 Å². The van der Waals surface area contributed by atoms with Crippen molar-refractivity contribution in [2.24, 2.45) is 0 Å². The highest BCUT2D eigenvalue weighted by Crippen LogP contribution is 2.31. The number of hydrogen-bond donors (Lipinski definition) is 1. The van der Waals surface area contributed by atoms with Crippen molar-refractivity contribution in [3.8, 4) is 11.5 Å². The molecule has 0 spiro atoms. The van der Waals surface area contributed by atoms with Crippen LogP contribution in [0, 0.1) is 0 Å². The Balaban J connectivity index is 1.54. The molecule has 8 nitrogen and oxygen atoms in total. The average molecular weight is 467 g/mol. The van der Waals surface area contributed by atoms with Crippen LogP contribution in [0.5, 0.6) is 11.5 Å². The summed E-state index contributed by atoms with van der Waals surface area (Å²) in [6.45, 7) is 0.564. The second-order valence-corrected chi connectivity index (χ2v) is 10.4. The molecule has 0 unspecified atom stereocenters. The van der Waals surface area contributed by atoms with Gasteiger partial charge in [0, 0.05) is 55.2 Å². The van der Waals surface area contributed by atoms with Crippen molar-refractivity contribution in [3.63, 3.8) is 0 Å². The maximum absolute atomic E-state index is 12.8. The number of anilines is 2. The van der Waals surface area contributed by atoms with E-state index in [1.807, 2.05) is 12.1 Å². The van der Waals surface area contributed by atoms with Crippen LogP contribution in [0.4, 0.5) is 11.6 Å². The highest BCUT2D eigenvalue weighted by molar-refractivity contribution is 7.91. The first-order valence-corrected chi connectivity index (χ1v) is 11.6. The molecule has 0 amide bonds. The fraction of sp³-hybridized carbons (Fsp3) is 0.263. The second kappa shape index (κ2) is 8.38. The van der Waals surface area contributed by atoms with Gasteiger partial charge in [-0.25, -0.2) is 18.4 Å². The van der Waals surface area contributed by atoms with Gasteiger partial charge in [0.25, 0.3) is 10.0 Å². The van der Waals surface area contributed by atoms with Gasteiger partial charge in [-0.15, -0.1) is 11.3 Å². The Labute approximate surface area is 183 Å². The molecule has 1 aliphatic rings. The number of hydrogen-bond acceptors (Lipinski definition) is 8. The van der Waals surface area contributed by atoms with Gasteiger partial charge in [0.2, 0.25) is 5.95 Å². The van der Waals surface area contributed by atoms with Crippen molar-refractivity contribution in [2.75, 3.05) is 26.1 Å². The number of nitrogens with zero attached hydrogens (tertiary/aromatic N) is 3. The second-order valence-electron chi connectivity index (χ2n) is 6.54. The number of fused-ring (bicyclic) bond motifs is 1. The Morgan fingerprint density at radius 1 is 1.17 bits per heavy atom. The molecule has 1 aliphatic heterocycles. The molecule has 3 heterocycles. The van der Waals surface area contributed by atoms with Gasteiger partial charge >= 0.3 is 0 Å². The first-order valence-electron chi connectivity index (χ1n) is 8.99. The molecule has 0 saturated heterocycles. The molecular formula is C19H19ClN4O4S2. The third-order valence-corrected chi connectivity index (χ3v) is 8.19. The predicted octanol–water partition coefficient (Wildman–Crippen LogP) is 3.70. The van der Waals surface area contributed by atoms with Crippen molar-refractivity contribution in [3.05, 3.63) is 52.1 Å². The molecule has 1 aromatic carbocycles. The Morgan fingerprint density at radius 2 is 1.90 bits per heavy atom. The maximum atomic E-state index is 12.8. The normalized spacial score (nSPS) is 14.2. The van der Waals surface area contributed by atoms with E-state index in [4.69, 9.17) is 21.1 Å². The maximum Gasteiger partial charge on any atom is 0.252 e. The van der Waals surface area contributed by atoms with E-state index < -0.39 is 10.0 Å². The molecule has 30 heavy (non-hydrogen) atoms. The lowest BCUT2D eigenvalue weighted by atomic mass is 10.1. The van der Waals surface area contributed by atoms with E-state index in [2.05, 4.69) is 15.3 Å². The zero-order valence-corrected chi connectivity index (χ0v) is 18.6. The van der Waals surface area contributed by atoms with Crippen molar-refractivity contribution < 1.29 is 17.9 Å². The molecule has 0 saturated carbocycles. The van der Waals surface area contributed by atoms with E-state index in [1.165, 1.54) is 10.4 Å². The van der Waals surface area contributed by atoms with Gasteiger partial charge in [0.05, 0.1) is 24.2 Å². The molecule has 0 radical (unpaired) electrons. The van der Waals surface area contributed by atoms with Crippen LogP contribution in [-0.2, 0) is 23.0 Å². The van der Waals surface area contributed by atoms with Crippen LogP contribution < -0.4 is 14.8 Å². The van der Waals surface area contributed by atoms with Gasteiger partial charge in [-0.3, -0.25) is 0 Å². The molecule has 0 aliphatic carbocycles. The van der Waals surface area contributed by atoms with E-state index >= 15 is 0 Å². The SMILES string of the molecule is COc1cc(Nc2ncc3c(n2)CCN(S(=O)(=O)c2ccc(Cl)s2)C3)cc(OC)c1. The predicted molar refractivity (Wildman–Crippen MR) is 115 cm³/mol. The summed E-state index contributed by atoms with van der Waals surface area (Å²) >= 11 is 6.95. The van der Waals surface area contributed by atoms with E-state index in [0.29, 0.717) is 34.7 Å². The summed E-state index contributed by atoms with van der Waals surface area (Å²) in [5.41, 5.74) is 2.32. The minimum absolute atomic E-state index is 0.223. The molecule has 3 aromatic rings. The topological polar surface area (TPSA) is 93.6 Å². The van der Waals surface area contributed by atoms with E-state index in [-0.39, 0.29) is 10.8 Å². The van der Waals surface area contributed by atoms with E-state index in [0.717, 1.165) is 28.3 Å². The highest BCUT2D eigenvalue weighted by atomic mass is 35.5. The Kier molecular flexibility index (Phi) is 5.83. The largest absolute Gasteiger partial charge is 0.497 e. The molecule has 4 rings (SSSR count). The van der Waals surface area contributed by atoms with Crippen LogP contribution in [0.1, 0.15) is 11.3 Å². The van der Waals surface area contributed by atoms with Crippen LogP contribution >= 0.6 is 22.9 Å². The van der Waals surface area contributed by atoms with Crippen molar-refractivity contribution in [2.45, 2.75) is 17.2 Å². The highest BCUT2D eigenvalue weighted by Gasteiger charge is 2.30. The Bertz CT molecular complexity index is 1160. The molecule has 11 heteroatoms. The molecule has 0 fully saturated rings. The summed E-state index contributed by atoms with van der Waals surface area (Å²) in [5, 5.41) is 3.15. The third-order valence-electron chi connectivity index (χ3n) is 4.65. The third kappa shape index (κ3) is 4.22. The van der Waals surface area contributed by atoms with Gasteiger partial charge in [0.1, 0.15) is 15.7 Å². The molecule has 0 atom stereocenters. The number of ether oxygens (including phenoxy) is 2. The summed E-state index contributed by atoms with van der Waals surface area (Å²) in [6, 6.07) is 8.52. The van der Waals surface area contributed by atoms with Crippen molar-refractivity contribution >= 4 is 44.6 Å². The number of nitrogens with one attached hydrogen (secondary N) is 1. The minimum atomic E-state index is -3.59. The van der Waals surface area contributed by atoms with Crippen molar-refractivity contribution in [1.29, 1.82) is 0 Å². The number of methoxy groups -OCH3 is 2. The quantitative estimate of drug-likeness (QED) is 0.591. The monoisotopic (exact) mass is 466 g/mol. The van der Waals surface area contributed by atoms with Crippen LogP contribution in [0.15, 0.2) is 40.7 Å². The smallest absolute Gasteiger partial charge is 0.252 e. The molecular weight excluding hydrogens is 448 g/mol. The summed E-state index contributed by atoms with van der Waals surface area (Å²) < 4.78 is 38.3. The van der Waals surface area contributed by atoms with Gasteiger partial charge < -0.3 is 14.8 Å². The number of benzene rings is 1. The molecule has 0 bridgehead atoms. The van der Waals surface area contributed by atoms with Gasteiger partial charge in [-0.1, -0.05) is 11.6 Å². The lowest BCUT2D eigenvalue weighted by Crippen LogP contribution is -2.36. The lowest BCUT2D eigenvalue weighted by Gasteiger charge is -2.26. The molecule has 158 valence electrons. The molecule has 2 aromatic heterocycles. The number of halogens is 1. The van der Waals surface area contributed by atoms with Gasteiger partial charge in [-0.2, -0.15) is 4.31 Å². The van der Waals surface area contributed by atoms with Crippen LogP contribution in [0.3, 0.4) is 0 Å². The number of rotatable bonds is 6. The van der Waals surface area contributed by atoms with Gasteiger partial charge in [-0.05, 0) is 12.1 Å². The lowest BCUT2D eigenvalue weighted by molar-refractivity contribution is 0.388. The van der Waals surface area contributed by atoms with Crippen LogP contribution in [-0.4, -0.2) is 43.5 Å². The zero-order chi connectivity index (χ0) is 21.3. The van der Waals surface area contributed by atoms with Crippen LogP contribution in [0.2, 0.25) is 4.34 Å². The first kappa shape index (κ1) is 20.9. The summed E-state index contributed by atoms with van der Waals surface area (Å²) in [5.74, 6) is 1.71. The minimum Gasteiger partial charge on any atom is -0.497 e. The summed E-state index contributed by atoms with van der Waals surface area (Å²) in [6.07, 6.45) is 2.15. The summed E-state index contributed by atoms with van der Waals surface area (Å²) in [7, 11) is -0.427.